The van der Waals surface area contributed by atoms with Crippen molar-refractivity contribution in [1.29, 1.82) is 0 Å². The van der Waals surface area contributed by atoms with Gasteiger partial charge in [0.15, 0.2) is 11.5 Å². The van der Waals surface area contributed by atoms with Crippen molar-refractivity contribution in [1.82, 2.24) is 5.32 Å². The minimum Gasteiger partial charge on any atom is -0.493 e. The van der Waals surface area contributed by atoms with Gasteiger partial charge in [-0.15, -0.1) is 0 Å². The summed E-state index contributed by atoms with van der Waals surface area (Å²) < 4.78 is 10.6. The van der Waals surface area contributed by atoms with Crippen LogP contribution in [-0.2, 0) is 16.1 Å². The summed E-state index contributed by atoms with van der Waals surface area (Å²) in [6, 6.07) is 12.9. The maximum Gasteiger partial charge on any atom is 0.228 e. The summed E-state index contributed by atoms with van der Waals surface area (Å²) >= 11 is 0. The van der Waals surface area contributed by atoms with E-state index in [2.05, 4.69) is 10.6 Å². The van der Waals surface area contributed by atoms with Crippen molar-refractivity contribution in [3.63, 3.8) is 0 Å². The molecule has 6 heteroatoms. The van der Waals surface area contributed by atoms with Crippen LogP contribution in [0.5, 0.6) is 11.5 Å². The second kappa shape index (κ2) is 7.25. The number of benzene rings is 2. The molecule has 25 heavy (non-hydrogen) atoms. The number of hydrogen-bond donors (Lipinski definition) is 2. The van der Waals surface area contributed by atoms with Crippen molar-refractivity contribution in [2.45, 2.75) is 18.9 Å². The molecule has 2 aromatic rings. The minimum atomic E-state index is -0.499. The molecular formula is C19H20N2O4. The van der Waals surface area contributed by atoms with Crippen LogP contribution in [-0.4, -0.2) is 26.0 Å². The Labute approximate surface area is 146 Å². The van der Waals surface area contributed by atoms with E-state index in [1.54, 1.807) is 26.4 Å². The van der Waals surface area contributed by atoms with Gasteiger partial charge in [0, 0.05) is 24.2 Å². The lowest BCUT2D eigenvalue weighted by atomic mass is 9.90. The predicted molar refractivity (Wildman–Crippen MR) is 93.8 cm³/mol. The first-order chi connectivity index (χ1) is 12.1. The highest BCUT2D eigenvalue weighted by Crippen LogP contribution is 2.33. The summed E-state index contributed by atoms with van der Waals surface area (Å²) in [5, 5.41) is 5.70. The van der Waals surface area contributed by atoms with Gasteiger partial charge in [0.05, 0.1) is 20.1 Å². The van der Waals surface area contributed by atoms with E-state index in [4.69, 9.17) is 9.47 Å². The maximum absolute atomic E-state index is 12.7. The average Bonchev–Trinajstić information content (AvgIpc) is 2.64. The lowest BCUT2D eigenvalue weighted by Crippen LogP contribution is -2.34. The first-order valence-corrected chi connectivity index (χ1v) is 8.00. The van der Waals surface area contributed by atoms with Crippen molar-refractivity contribution in [3.8, 4) is 11.5 Å². The van der Waals surface area contributed by atoms with Crippen molar-refractivity contribution < 1.29 is 19.1 Å². The van der Waals surface area contributed by atoms with E-state index in [1.807, 2.05) is 30.3 Å². The van der Waals surface area contributed by atoms with Gasteiger partial charge < -0.3 is 20.1 Å². The zero-order chi connectivity index (χ0) is 17.8. The van der Waals surface area contributed by atoms with E-state index in [0.29, 0.717) is 23.7 Å². The third-order valence-electron chi connectivity index (χ3n) is 4.25. The normalized spacial score (nSPS) is 15.8. The topological polar surface area (TPSA) is 76.7 Å². The molecule has 0 saturated carbocycles. The predicted octanol–water partition coefficient (Wildman–Crippen LogP) is 2.45. The number of methoxy groups -OCH3 is 2. The fourth-order valence-corrected chi connectivity index (χ4v) is 3.04. The lowest BCUT2D eigenvalue weighted by Gasteiger charge is -2.25. The molecule has 130 valence electrons. The Hall–Kier alpha value is -3.02. The Balaban J connectivity index is 1.77. The zero-order valence-electron chi connectivity index (χ0n) is 14.2. The fourth-order valence-electron chi connectivity index (χ4n) is 3.04. The van der Waals surface area contributed by atoms with Crippen LogP contribution < -0.4 is 20.1 Å². The number of hydrogen-bond acceptors (Lipinski definition) is 4. The van der Waals surface area contributed by atoms with Crippen LogP contribution in [0.1, 0.15) is 23.5 Å². The number of nitrogens with one attached hydrogen (secondary N) is 2. The fraction of sp³-hybridized carbons (Fsp3) is 0.263. The van der Waals surface area contributed by atoms with Gasteiger partial charge in [-0.2, -0.15) is 0 Å². The molecular weight excluding hydrogens is 320 g/mol. The summed E-state index contributed by atoms with van der Waals surface area (Å²) in [7, 11) is 3.13. The molecule has 3 rings (SSSR count). The van der Waals surface area contributed by atoms with Crippen LogP contribution in [0.25, 0.3) is 0 Å². The molecule has 6 nitrogen and oxygen atoms in total. The standard InChI is InChI=1S/C19H20N2O4/c1-24-16-9-5-6-12(18(16)25-2)11-20-19(23)14-10-17(22)21-15-8-4-3-7-13(14)15/h3-9,14H,10-11H2,1-2H3,(H,20,23)(H,21,22)/t14-/m1/s1. The SMILES string of the molecule is COc1cccc(CNC(=O)[C@@H]2CC(=O)Nc3ccccc32)c1OC. The number of carbonyl (C=O) groups excluding carboxylic acids is 2. The Morgan fingerprint density at radius 2 is 1.96 bits per heavy atom. The van der Waals surface area contributed by atoms with E-state index in [-0.39, 0.29) is 18.2 Å². The number of rotatable bonds is 5. The van der Waals surface area contributed by atoms with Crippen LogP contribution in [0.4, 0.5) is 5.69 Å². The molecule has 1 aliphatic heterocycles. The van der Waals surface area contributed by atoms with E-state index in [9.17, 15) is 9.59 Å². The monoisotopic (exact) mass is 340 g/mol. The van der Waals surface area contributed by atoms with E-state index in [1.165, 1.54) is 0 Å². The number of fused-ring (bicyclic) bond motifs is 1. The first-order valence-electron chi connectivity index (χ1n) is 8.00. The highest BCUT2D eigenvalue weighted by molar-refractivity contribution is 6.01. The molecule has 0 aromatic heterocycles. The van der Waals surface area contributed by atoms with Gasteiger partial charge in [-0.1, -0.05) is 30.3 Å². The third-order valence-corrected chi connectivity index (χ3v) is 4.25. The summed E-state index contributed by atoms with van der Waals surface area (Å²) in [6.45, 7) is 0.291. The average molecular weight is 340 g/mol. The highest BCUT2D eigenvalue weighted by Gasteiger charge is 2.30. The number of ether oxygens (including phenoxy) is 2. The van der Waals surface area contributed by atoms with Crippen molar-refractivity contribution in [3.05, 3.63) is 53.6 Å². The van der Waals surface area contributed by atoms with Gasteiger partial charge in [-0.3, -0.25) is 9.59 Å². The minimum absolute atomic E-state index is 0.137. The Bertz CT molecular complexity index is 804. The molecule has 0 spiro atoms. The second-order valence-electron chi connectivity index (χ2n) is 5.76. The number of amides is 2. The van der Waals surface area contributed by atoms with Gasteiger partial charge in [-0.05, 0) is 17.7 Å². The summed E-state index contributed by atoms with van der Waals surface area (Å²) in [5.74, 6) is 0.357. The Morgan fingerprint density at radius 1 is 1.16 bits per heavy atom. The van der Waals surface area contributed by atoms with Gasteiger partial charge in [0.25, 0.3) is 0 Å². The molecule has 0 radical (unpaired) electrons. The van der Waals surface area contributed by atoms with Crippen LogP contribution >= 0.6 is 0 Å². The summed E-state index contributed by atoms with van der Waals surface area (Å²) in [4.78, 5) is 24.5. The molecule has 0 saturated heterocycles. The maximum atomic E-state index is 12.7. The molecule has 0 bridgehead atoms. The smallest absolute Gasteiger partial charge is 0.228 e. The van der Waals surface area contributed by atoms with Crippen molar-refractivity contribution >= 4 is 17.5 Å². The van der Waals surface area contributed by atoms with Gasteiger partial charge in [0.2, 0.25) is 11.8 Å². The van der Waals surface area contributed by atoms with Crippen molar-refractivity contribution in [2.24, 2.45) is 0 Å². The van der Waals surface area contributed by atoms with Gasteiger partial charge >= 0.3 is 0 Å². The highest BCUT2D eigenvalue weighted by atomic mass is 16.5. The number of para-hydroxylation sites is 2. The zero-order valence-corrected chi connectivity index (χ0v) is 14.2. The van der Waals surface area contributed by atoms with Crippen LogP contribution in [0.15, 0.2) is 42.5 Å². The molecule has 2 aromatic carbocycles. The van der Waals surface area contributed by atoms with Crippen molar-refractivity contribution in [2.75, 3.05) is 19.5 Å². The second-order valence-corrected chi connectivity index (χ2v) is 5.76. The first kappa shape index (κ1) is 16.8. The molecule has 0 aliphatic carbocycles. The molecule has 2 N–H and O–H groups in total. The Morgan fingerprint density at radius 3 is 2.72 bits per heavy atom. The Kier molecular flexibility index (Phi) is 4.88. The van der Waals surface area contributed by atoms with E-state index >= 15 is 0 Å². The molecule has 1 heterocycles. The van der Waals surface area contributed by atoms with Crippen LogP contribution in [0.2, 0.25) is 0 Å². The molecule has 0 fully saturated rings. The summed E-state index contributed by atoms with van der Waals surface area (Å²) in [5.41, 5.74) is 2.33. The summed E-state index contributed by atoms with van der Waals surface area (Å²) in [6.07, 6.45) is 0.137. The third kappa shape index (κ3) is 3.42. The number of carbonyl (C=O) groups is 2. The lowest BCUT2D eigenvalue weighted by molar-refractivity contribution is -0.126. The largest absolute Gasteiger partial charge is 0.493 e. The van der Waals surface area contributed by atoms with E-state index < -0.39 is 5.92 Å². The molecule has 1 aliphatic rings. The van der Waals surface area contributed by atoms with Crippen LogP contribution in [0.3, 0.4) is 0 Å². The van der Waals surface area contributed by atoms with Gasteiger partial charge in [0.1, 0.15) is 0 Å². The van der Waals surface area contributed by atoms with Gasteiger partial charge in [-0.25, -0.2) is 0 Å². The quantitative estimate of drug-likeness (QED) is 0.876. The molecule has 1 atom stereocenters. The molecule has 0 unspecified atom stereocenters. The van der Waals surface area contributed by atoms with Crippen LogP contribution in [0, 0.1) is 0 Å². The van der Waals surface area contributed by atoms with E-state index in [0.717, 1.165) is 11.1 Å². The molecule has 2 amide bonds. The number of anilines is 1.